The maximum absolute atomic E-state index is 12.2. The van der Waals surface area contributed by atoms with Gasteiger partial charge in [0, 0.05) is 30.6 Å². The molecule has 26 heavy (non-hydrogen) atoms. The van der Waals surface area contributed by atoms with Crippen molar-refractivity contribution < 1.29 is 9.59 Å². The molecule has 0 radical (unpaired) electrons. The number of carbonyl (C=O) groups excluding carboxylic acids is 2. The molecule has 0 bridgehead atoms. The SMILES string of the molecule is O=C1CCN(c2cnc3c(c2)c(C2CC2)cn3C2CCNCC2)C(=O)N1. The number of pyridine rings is 1. The van der Waals surface area contributed by atoms with Crippen molar-refractivity contribution in [2.75, 3.05) is 24.5 Å². The molecule has 0 unspecified atom stereocenters. The smallest absolute Gasteiger partial charge is 0.328 e. The fraction of sp³-hybridized carbons (Fsp3) is 0.526. The van der Waals surface area contributed by atoms with Gasteiger partial charge in [-0.3, -0.25) is 15.0 Å². The molecule has 2 saturated heterocycles. The second-order valence-electron chi connectivity index (χ2n) is 7.57. The van der Waals surface area contributed by atoms with Crippen LogP contribution in [0.15, 0.2) is 18.5 Å². The highest BCUT2D eigenvalue weighted by molar-refractivity contribution is 6.06. The van der Waals surface area contributed by atoms with Gasteiger partial charge >= 0.3 is 6.03 Å². The number of hydrogen-bond donors (Lipinski definition) is 2. The molecule has 0 atom stereocenters. The lowest BCUT2D eigenvalue weighted by Gasteiger charge is -2.27. The van der Waals surface area contributed by atoms with Gasteiger partial charge in [0.25, 0.3) is 0 Å². The molecule has 1 saturated carbocycles. The van der Waals surface area contributed by atoms with E-state index in [2.05, 4.69) is 27.5 Å². The highest BCUT2D eigenvalue weighted by atomic mass is 16.2. The molecule has 0 spiro atoms. The van der Waals surface area contributed by atoms with Crippen molar-refractivity contribution in [3.8, 4) is 0 Å². The maximum Gasteiger partial charge on any atom is 0.328 e. The number of hydrogen-bond acceptors (Lipinski definition) is 4. The fourth-order valence-electron chi connectivity index (χ4n) is 4.19. The lowest BCUT2D eigenvalue weighted by Crippen LogP contribution is -2.49. The molecule has 0 aromatic carbocycles. The van der Waals surface area contributed by atoms with Gasteiger partial charge in [-0.25, -0.2) is 9.78 Å². The summed E-state index contributed by atoms with van der Waals surface area (Å²) >= 11 is 0. The number of rotatable bonds is 3. The van der Waals surface area contributed by atoms with Crippen LogP contribution in [0.4, 0.5) is 10.5 Å². The minimum atomic E-state index is -0.354. The molecule has 5 rings (SSSR count). The van der Waals surface area contributed by atoms with Gasteiger partial charge in [0.1, 0.15) is 5.65 Å². The Hall–Kier alpha value is -2.41. The minimum Gasteiger partial charge on any atom is -0.329 e. The standard InChI is InChI=1S/C19H23N5O2/c25-17-5-8-23(19(26)22-17)14-9-15-16(12-1-2-12)11-24(18(15)21-10-14)13-3-6-20-7-4-13/h9-13,20H,1-8H2,(H,22,25,26). The Morgan fingerprint density at radius 1 is 1.12 bits per heavy atom. The number of nitrogens with one attached hydrogen (secondary N) is 2. The first-order valence-corrected chi connectivity index (χ1v) is 9.53. The molecule has 2 N–H and O–H groups in total. The van der Waals surface area contributed by atoms with Crippen LogP contribution in [-0.2, 0) is 4.79 Å². The number of fused-ring (bicyclic) bond motifs is 1. The van der Waals surface area contributed by atoms with Crippen molar-refractivity contribution >= 4 is 28.7 Å². The summed E-state index contributed by atoms with van der Waals surface area (Å²) in [7, 11) is 0. The van der Waals surface area contributed by atoms with Crippen LogP contribution in [0, 0.1) is 0 Å². The highest BCUT2D eigenvalue weighted by Gasteiger charge is 2.31. The van der Waals surface area contributed by atoms with Gasteiger partial charge in [0.05, 0.1) is 11.9 Å². The summed E-state index contributed by atoms with van der Waals surface area (Å²) in [6.45, 7) is 2.50. The molecule has 7 heteroatoms. The van der Waals surface area contributed by atoms with Gasteiger partial charge in [-0.1, -0.05) is 0 Å². The Morgan fingerprint density at radius 3 is 2.65 bits per heavy atom. The topological polar surface area (TPSA) is 79.3 Å². The van der Waals surface area contributed by atoms with E-state index in [0.29, 0.717) is 24.9 Å². The van der Waals surface area contributed by atoms with Crippen LogP contribution < -0.4 is 15.5 Å². The molecule has 3 fully saturated rings. The molecule has 136 valence electrons. The van der Waals surface area contributed by atoms with Crippen LogP contribution >= 0.6 is 0 Å². The lowest BCUT2D eigenvalue weighted by atomic mass is 10.1. The van der Waals surface area contributed by atoms with Crippen molar-refractivity contribution in [1.82, 2.24) is 20.2 Å². The summed E-state index contributed by atoms with van der Waals surface area (Å²) < 4.78 is 2.35. The monoisotopic (exact) mass is 353 g/mol. The molecule has 7 nitrogen and oxygen atoms in total. The van der Waals surface area contributed by atoms with Crippen LogP contribution in [0.25, 0.3) is 11.0 Å². The molecule has 2 aliphatic heterocycles. The number of carbonyl (C=O) groups is 2. The number of aromatic nitrogens is 2. The second kappa shape index (κ2) is 6.09. The lowest BCUT2D eigenvalue weighted by molar-refractivity contribution is -0.120. The van der Waals surface area contributed by atoms with E-state index in [1.54, 1.807) is 11.1 Å². The minimum absolute atomic E-state index is 0.212. The fourth-order valence-corrected chi connectivity index (χ4v) is 4.19. The predicted molar refractivity (Wildman–Crippen MR) is 98.4 cm³/mol. The summed E-state index contributed by atoms with van der Waals surface area (Å²) in [5.74, 6) is 0.408. The zero-order chi connectivity index (χ0) is 17.7. The number of anilines is 1. The number of nitrogens with zero attached hydrogens (tertiary/aromatic N) is 3. The summed E-state index contributed by atoms with van der Waals surface area (Å²) in [4.78, 5) is 30.0. The highest BCUT2D eigenvalue weighted by Crippen LogP contribution is 2.45. The van der Waals surface area contributed by atoms with Gasteiger partial charge in [0.2, 0.25) is 5.91 Å². The largest absolute Gasteiger partial charge is 0.329 e. The van der Waals surface area contributed by atoms with E-state index in [1.807, 2.05) is 0 Å². The van der Waals surface area contributed by atoms with Gasteiger partial charge < -0.3 is 9.88 Å². The maximum atomic E-state index is 12.2. The number of amides is 3. The first-order valence-electron chi connectivity index (χ1n) is 9.53. The van der Waals surface area contributed by atoms with Crippen LogP contribution in [0.5, 0.6) is 0 Å². The van der Waals surface area contributed by atoms with Gasteiger partial charge in [-0.05, 0) is 56.3 Å². The first kappa shape index (κ1) is 15.8. The Labute approximate surface area is 151 Å². The molecule has 1 aliphatic carbocycles. The first-order chi connectivity index (χ1) is 12.7. The molecule has 2 aromatic rings. The van der Waals surface area contributed by atoms with E-state index in [1.165, 1.54) is 18.4 Å². The summed E-state index contributed by atoms with van der Waals surface area (Å²) in [5, 5.41) is 6.97. The van der Waals surface area contributed by atoms with Crippen molar-refractivity contribution in [2.45, 2.75) is 44.1 Å². The van der Waals surface area contributed by atoms with Crippen molar-refractivity contribution in [2.24, 2.45) is 0 Å². The number of piperidine rings is 1. The molecule has 3 amide bonds. The zero-order valence-electron chi connectivity index (χ0n) is 14.7. The van der Waals surface area contributed by atoms with Crippen LogP contribution in [0.2, 0.25) is 0 Å². The normalized spacial score (nSPS) is 22.1. The Balaban J connectivity index is 1.56. The predicted octanol–water partition coefficient (Wildman–Crippen LogP) is 2.28. The van der Waals surface area contributed by atoms with Crippen molar-refractivity contribution in [3.63, 3.8) is 0 Å². The van der Waals surface area contributed by atoms with E-state index in [-0.39, 0.29) is 11.9 Å². The molecule has 4 heterocycles. The third-order valence-electron chi connectivity index (χ3n) is 5.77. The van der Waals surface area contributed by atoms with Gasteiger partial charge in [-0.2, -0.15) is 0 Å². The van der Waals surface area contributed by atoms with Crippen LogP contribution in [0.1, 0.15) is 49.6 Å². The summed E-state index contributed by atoms with van der Waals surface area (Å²) in [6.07, 6.45) is 9.10. The van der Waals surface area contributed by atoms with E-state index in [9.17, 15) is 9.59 Å². The van der Waals surface area contributed by atoms with Crippen molar-refractivity contribution in [1.29, 1.82) is 0 Å². The average Bonchev–Trinajstić information content (AvgIpc) is 3.43. The van der Waals surface area contributed by atoms with Crippen LogP contribution in [-0.4, -0.2) is 41.1 Å². The van der Waals surface area contributed by atoms with Crippen molar-refractivity contribution in [3.05, 3.63) is 24.0 Å². The molecule has 3 aliphatic rings. The van der Waals surface area contributed by atoms with E-state index < -0.39 is 0 Å². The van der Waals surface area contributed by atoms with Crippen LogP contribution in [0.3, 0.4) is 0 Å². The second-order valence-corrected chi connectivity index (χ2v) is 7.57. The summed E-state index contributed by atoms with van der Waals surface area (Å²) in [5.41, 5.74) is 3.16. The molecular formula is C19H23N5O2. The summed E-state index contributed by atoms with van der Waals surface area (Å²) in [6, 6.07) is 2.22. The van der Waals surface area contributed by atoms with Gasteiger partial charge in [0.15, 0.2) is 0 Å². The number of imide groups is 1. The van der Waals surface area contributed by atoms with E-state index >= 15 is 0 Å². The third-order valence-corrected chi connectivity index (χ3v) is 5.77. The van der Waals surface area contributed by atoms with Gasteiger partial charge in [-0.15, -0.1) is 0 Å². The van der Waals surface area contributed by atoms with E-state index in [4.69, 9.17) is 4.98 Å². The third kappa shape index (κ3) is 2.67. The Morgan fingerprint density at radius 2 is 1.92 bits per heavy atom. The molecular weight excluding hydrogens is 330 g/mol. The quantitative estimate of drug-likeness (QED) is 0.887. The zero-order valence-corrected chi connectivity index (χ0v) is 14.7. The Kier molecular flexibility index (Phi) is 3.70. The molecule has 2 aromatic heterocycles. The number of urea groups is 1. The van der Waals surface area contributed by atoms with E-state index in [0.717, 1.165) is 42.7 Å². The average molecular weight is 353 g/mol. The Bertz CT molecular complexity index is 879.